The maximum atomic E-state index is 13.8. The summed E-state index contributed by atoms with van der Waals surface area (Å²) in [7, 11) is 0. The summed E-state index contributed by atoms with van der Waals surface area (Å²) in [5.41, 5.74) is 3.99. The van der Waals surface area contributed by atoms with E-state index in [-0.39, 0.29) is 5.56 Å². The normalized spacial score (nSPS) is 11.6. The minimum absolute atomic E-state index is 0.185. The summed E-state index contributed by atoms with van der Waals surface area (Å²) in [6.45, 7) is 9.51. The van der Waals surface area contributed by atoms with Crippen molar-refractivity contribution in [3.05, 3.63) is 108 Å². The van der Waals surface area contributed by atoms with Crippen LogP contribution in [0.15, 0.2) is 85.5 Å². The molecular weight excluding hydrogens is 367 g/mol. The van der Waals surface area contributed by atoms with Gasteiger partial charge < -0.3 is 15.7 Å². The Morgan fingerprint density at radius 2 is 1.79 bits per heavy atom. The third kappa shape index (κ3) is 5.49. The molecule has 6 heteroatoms. The van der Waals surface area contributed by atoms with Gasteiger partial charge in [-0.05, 0) is 30.7 Å². The topological polar surface area (TPSA) is 70.1 Å². The van der Waals surface area contributed by atoms with Crippen molar-refractivity contribution in [3.8, 4) is 0 Å². The summed E-state index contributed by atoms with van der Waals surface area (Å²) in [5, 5.41) is 16.4. The van der Waals surface area contributed by atoms with Crippen LogP contribution in [-0.2, 0) is 6.42 Å². The van der Waals surface area contributed by atoms with E-state index in [4.69, 9.17) is 0 Å². The van der Waals surface area contributed by atoms with Crippen LogP contribution in [0.2, 0.25) is 0 Å². The van der Waals surface area contributed by atoms with E-state index in [2.05, 4.69) is 33.8 Å². The lowest BCUT2D eigenvalue weighted by molar-refractivity contribution is 0.212. The van der Waals surface area contributed by atoms with Gasteiger partial charge in [-0.15, -0.1) is 0 Å². The fourth-order valence-corrected chi connectivity index (χ4v) is 2.83. The van der Waals surface area contributed by atoms with Crippen molar-refractivity contribution in [1.29, 1.82) is 0 Å². The van der Waals surface area contributed by atoms with Crippen LogP contribution >= 0.6 is 0 Å². The molecule has 0 aliphatic heterocycles. The molecule has 29 heavy (non-hydrogen) atoms. The standard InChI is InChI=1S/C23H23FN4O/c1-15(2)27-22-13-19(25-14-26-22)12-17-8-10-18(11-9-17)28-16(3)23(29)20-6-4-5-7-21(20)24/h4-11,13-14,23,28-29H,1,3,12H2,2H3,(H,25,26,27). The van der Waals surface area contributed by atoms with Gasteiger partial charge in [-0.1, -0.05) is 43.5 Å². The number of nitrogens with one attached hydrogen (secondary N) is 2. The van der Waals surface area contributed by atoms with E-state index in [1.807, 2.05) is 37.3 Å². The van der Waals surface area contributed by atoms with Crippen LogP contribution < -0.4 is 10.6 Å². The number of aliphatic hydroxyl groups is 1. The first-order valence-corrected chi connectivity index (χ1v) is 9.13. The van der Waals surface area contributed by atoms with Crippen LogP contribution in [0.4, 0.5) is 15.9 Å². The first-order valence-electron chi connectivity index (χ1n) is 9.13. The number of hydrogen-bond donors (Lipinski definition) is 3. The Kier molecular flexibility index (Phi) is 6.36. The average molecular weight is 390 g/mol. The predicted octanol–water partition coefficient (Wildman–Crippen LogP) is 4.81. The van der Waals surface area contributed by atoms with E-state index < -0.39 is 11.9 Å². The highest BCUT2D eigenvalue weighted by Gasteiger charge is 2.15. The molecule has 1 unspecified atom stereocenters. The zero-order valence-electron chi connectivity index (χ0n) is 16.2. The fourth-order valence-electron chi connectivity index (χ4n) is 2.83. The van der Waals surface area contributed by atoms with Crippen LogP contribution in [0.5, 0.6) is 0 Å². The highest BCUT2D eigenvalue weighted by atomic mass is 19.1. The lowest BCUT2D eigenvalue weighted by Crippen LogP contribution is -2.10. The van der Waals surface area contributed by atoms with Crippen LogP contribution in [0, 0.1) is 5.82 Å². The van der Waals surface area contributed by atoms with Gasteiger partial charge in [0, 0.05) is 35.1 Å². The number of benzene rings is 2. The molecule has 5 nitrogen and oxygen atoms in total. The molecule has 0 aliphatic rings. The van der Waals surface area contributed by atoms with E-state index >= 15 is 0 Å². The van der Waals surface area contributed by atoms with E-state index in [0.717, 1.165) is 22.6 Å². The maximum absolute atomic E-state index is 13.8. The molecule has 1 atom stereocenters. The first-order chi connectivity index (χ1) is 13.9. The van der Waals surface area contributed by atoms with Crippen molar-refractivity contribution >= 4 is 11.5 Å². The molecule has 0 aliphatic carbocycles. The third-order valence-electron chi connectivity index (χ3n) is 4.24. The van der Waals surface area contributed by atoms with Gasteiger partial charge in [-0.25, -0.2) is 14.4 Å². The zero-order valence-corrected chi connectivity index (χ0v) is 16.2. The molecule has 1 heterocycles. The second-order valence-corrected chi connectivity index (χ2v) is 6.75. The van der Waals surface area contributed by atoms with Crippen LogP contribution in [0.3, 0.4) is 0 Å². The molecule has 0 spiro atoms. The maximum Gasteiger partial charge on any atom is 0.133 e. The van der Waals surface area contributed by atoms with Crippen molar-refractivity contribution in [2.45, 2.75) is 19.4 Å². The summed E-state index contributed by atoms with van der Waals surface area (Å²) < 4.78 is 13.8. The quantitative estimate of drug-likeness (QED) is 0.515. The minimum atomic E-state index is -1.14. The highest BCUT2D eigenvalue weighted by molar-refractivity contribution is 5.51. The number of allylic oxidation sites excluding steroid dienone is 1. The molecule has 3 N–H and O–H groups in total. The Morgan fingerprint density at radius 1 is 1.07 bits per heavy atom. The fraction of sp³-hybridized carbons (Fsp3) is 0.130. The zero-order chi connectivity index (χ0) is 20.8. The van der Waals surface area contributed by atoms with Gasteiger partial charge in [0.25, 0.3) is 0 Å². The number of halogens is 1. The second kappa shape index (κ2) is 9.12. The van der Waals surface area contributed by atoms with Crippen molar-refractivity contribution < 1.29 is 9.50 Å². The molecule has 0 saturated heterocycles. The number of aliphatic hydroxyl groups excluding tert-OH is 1. The Balaban J connectivity index is 1.64. The molecule has 148 valence electrons. The molecule has 1 aromatic heterocycles. The van der Waals surface area contributed by atoms with Crippen LogP contribution in [-0.4, -0.2) is 15.1 Å². The second-order valence-electron chi connectivity index (χ2n) is 6.75. The van der Waals surface area contributed by atoms with E-state index in [9.17, 15) is 9.50 Å². The Morgan fingerprint density at radius 3 is 2.48 bits per heavy atom. The van der Waals surface area contributed by atoms with E-state index in [1.165, 1.54) is 18.5 Å². The predicted molar refractivity (Wildman–Crippen MR) is 114 cm³/mol. The van der Waals surface area contributed by atoms with Crippen molar-refractivity contribution in [3.63, 3.8) is 0 Å². The van der Waals surface area contributed by atoms with Crippen molar-refractivity contribution in [1.82, 2.24) is 9.97 Å². The summed E-state index contributed by atoms with van der Waals surface area (Å²) in [4.78, 5) is 8.46. The molecule has 0 saturated carbocycles. The van der Waals surface area contributed by atoms with Gasteiger partial charge in [0.2, 0.25) is 0 Å². The van der Waals surface area contributed by atoms with Crippen LogP contribution in [0.25, 0.3) is 0 Å². The number of anilines is 2. The van der Waals surface area contributed by atoms with Gasteiger partial charge >= 0.3 is 0 Å². The van der Waals surface area contributed by atoms with Gasteiger partial charge in [0.1, 0.15) is 24.1 Å². The number of hydrogen-bond acceptors (Lipinski definition) is 5. The Bertz CT molecular complexity index is 1020. The Hall–Kier alpha value is -3.51. The largest absolute Gasteiger partial charge is 0.382 e. The summed E-state index contributed by atoms with van der Waals surface area (Å²) >= 11 is 0. The van der Waals surface area contributed by atoms with Gasteiger partial charge in [-0.2, -0.15) is 0 Å². The smallest absolute Gasteiger partial charge is 0.133 e. The molecule has 0 fully saturated rings. The minimum Gasteiger partial charge on any atom is -0.382 e. The van der Waals surface area contributed by atoms with Gasteiger partial charge in [-0.3, -0.25) is 0 Å². The van der Waals surface area contributed by atoms with E-state index in [0.29, 0.717) is 17.9 Å². The monoisotopic (exact) mass is 390 g/mol. The van der Waals surface area contributed by atoms with Gasteiger partial charge in [0.05, 0.1) is 5.69 Å². The molecule has 2 aromatic carbocycles. The molecule has 3 aromatic rings. The molecular formula is C23H23FN4O. The van der Waals surface area contributed by atoms with Crippen molar-refractivity contribution in [2.75, 3.05) is 10.6 Å². The van der Waals surface area contributed by atoms with Gasteiger partial charge in [0.15, 0.2) is 0 Å². The molecule has 0 radical (unpaired) electrons. The molecule has 0 bridgehead atoms. The number of rotatable bonds is 8. The van der Waals surface area contributed by atoms with E-state index in [1.54, 1.807) is 12.1 Å². The molecule has 3 rings (SSSR count). The van der Waals surface area contributed by atoms with Crippen LogP contribution in [0.1, 0.15) is 29.8 Å². The number of nitrogens with zero attached hydrogens (tertiary/aromatic N) is 2. The number of aromatic nitrogens is 2. The third-order valence-corrected chi connectivity index (χ3v) is 4.24. The molecule has 0 amide bonds. The summed E-state index contributed by atoms with van der Waals surface area (Å²) in [6.07, 6.45) is 1.02. The summed E-state index contributed by atoms with van der Waals surface area (Å²) in [6, 6.07) is 15.7. The first kappa shape index (κ1) is 20.2. The summed E-state index contributed by atoms with van der Waals surface area (Å²) in [5.74, 6) is 0.239. The van der Waals surface area contributed by atoms with Crippen molar-refractivity contribution in [2.24, 2.45) is 0 Å². The lowest BCUT2D eigenvalue weighted by atomic mass is 10.1. The average Bonchev–Trinajstić information content (AvgIpc) is 2.69. The SMILES string of the molecule is C=C(C)Nc1cc(Cc2ccc(NC(=C)C(O)c3ccccc3F)cc2)ncn1. The highest BCUT2D eigenvalue weighted by Crippen LogP contribution is 2.24. The Labute approximate surface area is 169 Å². The lowest BCUT2D eigenvalue weighted by Gasteiger charge is -2.17.